The summed E-state index contributed by atoms with van der Waals surface area (Å²) in [4.78, 5) is 2.49. The van der Waals surface area contributed by atoms with Crippen molar-refractivity contribution < 1.29 is 0 Å². The highest BCUT2D eigenvalue weighted by Gasteiger charge is 2.25. The van der Waals surface area contributed by atoms with Gasteiger partial charge in [-0.15, -0.1) is 0 Å². The molecule has 1 aliphatic heterocycles. The molecule has 2 heterocycles. The van der Waals surface area contributed by atoms with Crippen molar-refractivity contribution in [2.24, 2.45) is 11.8 Å². The molecule has 1 aliphatic rings. The van der Waals surface area contributed by atoms with E-state index in [1.807, 2.05) is 11.3 Å². The molecule has 1 aromatic rings. The molecule has 2 rings (SSSR count). The van der Waals surface area contributed by atoms with E-state index in [9.17, 15) is 0 Å². The highest BCUT2D eigenvalue weighted by atomic mass is 32.1. The topological polar surface area (TPSA) is 15.3 Å². The maximum atomic E-state index is 3.75. The summed E-state index contributed by atoms with van der Waals surface area (Å²) in [6.07, 6.45) is 3.86. The molecule has 2 atom stereocenters. The highest BCUT2D eigenvalue weighted by molar-refractivity contribution is 7.07. The second-order valence-electron chi connectivity index (χ2n) is 6.49. The van der Waals surface area contributed by atoms with Crippen molar-refractivity contribution in [1.29, 1.82) is 0 Å². The predicted octanol–water partition coefficient (Wildman–Crippen LogP) is 3.25. The molecule has 0 bridgehead atoms. The van der Waals surface area contributed by atoms with Crippen LogP contribution in [0, 0.1) is 11.8 Å². The van der Waals surface area contributed by atoms with Crippen LogP contribution in [0.1, 0.15) is 32.3 Å². The minimum atomic E-state index is 0.682. The minimum absolute atomic E-state index is 0.682. The molecule has 0 radical (unpaired) electrons. The van der Waals surface area contributed by atoms with E-state index >= 15 is 0 Å². The molecular weight excluding hydrogens is 252 g/mol. The maximum Gasteiger partial charge on any atom is 0.0198 e. The van der Waals surface area contributed by atoms with Gasteiger partial charge in [0, 0.05) is 19.1 Å². The number of nitrogens with zero attached hydrogens (tertiary/aromatic N) is 1. The van der Waals surface area contributed by atoms with Gasteiger partial charge in [-0.2, -0.15) is 11.3 Å². The Morgan fingerprint density at radius 1 is 1.42 bits per heavy atom. The van der Waals surface area contributed by atoms with E-state index < -0.39 is 0 Å². The highest BCUT2D eigenvalue weighted by Crippen LogP contribution is 2.21. The van der Waals surface area contributed by atoms with E-state index in [-0.39, 0.29) is 0 Å². The van der Waals surface area contributed by atoms with E-state index in [1.54, 1.807) is 0 Å². The average Bonchev–Trinajstić information content (AvgIpc) is 2.80. The fraction of sp³-hybridized carbons (Fsp3) is 0.750. The first-order valence-corrected chi connectivity index (χ1v) is 8.50. The van der Waals surface area contributed by atoms with E-state index in [0.29, 0.717) is 6.04 Å². The summed E-state index contributed by atoms with van der Waals surface area (Å²) in [6, 6.07) is 2.96. The lowest BCUT2D eigenvalue weighted by Gasteiger charge is -2.36. The molecule has 1 fully saturated rings. The zero-order chi connectivity index (χ0) is 13.7. The van der Waals surface area contributed by atoms with Gasteiger partial charge in [0.2, 0.25) is 0 Å². The van der Waals surface area contributed by atoms with Crippen LogP contribution in [0.2, 0.25) is 0 Å². The number of piperidine rings is 1. The molecule has 108 valence electrons. The van der Waals surface area contributed by atoms with Gasteiger partial charge in [0.15, 0.2) is 0 Å². The van der Waals surface area contributed by atoms with Crippen LogP contribution in [0.3, 0.4) is 0 Å². The summed E-state index contributed by atoms with van der Waals surface area (Å²) in [6.45, 7) is 8.22. The van der Waals surface area contributed by atoms with Crippen LogP contribution in [0.15, 0.2) is 16.8 Å². The average molecular weight is 280 g/mol. The van der Waals surface area contributed by atoms with Gasteiger partial charge in [-0.3, -0.25) is 0 Å². The zero-order valence-electron chi connectivity index (χ0n) is 12.6. The normalized spacial score (nSPS) is 25.1. The lowest BCUT2D eigenvalue weighted by atomic mass is 9.89. The Kier molecular flexibility index (Phi) is 5.86. The largest absolute Gasteiger partial charge is 0.313 e. The van der Waals surface area contributed by atoms with Crippen LogP contribution in [0.25, 0.3) is 0 Å². The summed E-state index contributed by atoms with van der Waals surface area (Å²) in [5, 5.41) is 8.25. The van der Waals surface area contributed by atoms with Gasteiger partial charge < -0.3 is 10.2 Å². The number of likely N-dealkylation sites (tertiary alicyclic amines) is 1. The number of nitrogens with one attached hydrogen (secondary N) is 1. The molecule has 2 unspecified atom stereocenters. The van der Waals surface area contributed by atoms with E-state index in [1.165, 1.54) is 44.5 Å². The summed E-state index contributed by atoms with van der Waals surface area (Å²) in [7, 11) is 2.26. The van der Waals surface area contributed by atoms with Crippen molar-refractivity contribution in [2.75, 3.05) is 26.7 Å². The van der Waals surface area contributed by atoms with Gasteiger partial charge in [-0.1, -0.05) is 13.8 Å². The molecule has 0 amide bonds. The molecule has 0 spiro atoms. The van der Waals surface area contributed by atoms with Crippen molar-refractivity contribution in [3.05, 3.63) is 22.4 Å². The smallest absolute Gasteiger partial charge is 0.0198 e. The first kappa shape index (κ1) is 15.0. The number of thiophene rings is 1. The van der Waals surface area contributed by atoms with Crippen molar-refractivity contribution in [2.45, 2.75) is 39.2 Å². The van der Waals surface area contributed by atoms with Crippen molar-refractivity contribution in [1.82, 2.24) is 10.2 Å². The first-order valence-electron chi connectivity index (χ1n) is 7.56. The Morgan fingerprint density at radius 3 is 2.95 bits per heavy atom. The lowest BCUT2D eigenvalue weighted by Crippen LogP contribution is -2.48. The summed E-state index contributed by atoms with van der Waals surface area (Å²) < 4.78 is 0. The zero-order valence-corrected chi connectivity index (χ0v) is 13.4. The standard InChI is InChI=1S/C16H28N2S/c1-13(2)4-6-17-16-9-15(10-18(3)11-16)8-14-5-7-19-12-14/h5,7,12-13,15-17H,4,6,8-11H2,1-3H3. The van der Waals surface area contributed by atoms with Gasteiger partial charge in [0.25, 0.3) is 0 Å². The van der Waals surface area contributed by atoms with Crippen molar-refractivity contribution >= 4 is 11.3 Å². The quantitative estimate of drug-likeness (QED) is 0.860. The van der Waals surface area contributed by atoms with Crippen LogP contribution in [0.5, 0.6) is 0 Å². The lowest BCUT2D eigenvalue weighted by molar-refractivity contribution is 0.168. The first-order chi connectivity index (χ1) is 9.13. The molecule has 0 aliphatic carbocycles. The summed E-state index contributed by atoms with van der Waals surface area (Å²) in [5.41, 5.74) is 1.52. The molecule has 1 N–H and O–H groups in total. The van der Waals surface area contributed by atoms with Crippen LogP contribution in [-0.4, -0.2) is 37.6 Å². The molecule has 0 aromatic carbocycles. The Bertz CT molecular complexity index is 348. The van der Waals surface area contributed by atoms with Gasteiger partial charge >= 0.3 is 0 Å². The monoisotopic (exact) mass is 280 g/mol. The molecule has 1 aromatic heterocycles. The minimum Gasteiger partial charge on any atom is -0.313 e. The third-order valence-corrected chi connectivity index (χ3v) is 4.71. The Labute approximate surface area is 122 Å². The summed E-state index contributed by atoms with van der Waals surface area (Å²) in [5.74, 6) is 1.61. The molecule has 0 saturated carbocycles. The number of rotatable bonds is 6. The third-order valence-electron chi connectivity index (χ3n) is 3.98. The van der Waals surface area contributed by atoms with E-state index in [4.69, 9.17) is 0 Å². The fourth-order valence-corrected chi connectivity index (χ4v) is 3.74. The predicted molar refractivity (Wildman–Crippen MR) is 84.9 cm³/mol. The Hall–Kier alpha value is -0.380. The molecule has 3 heteroatoms. The number of likely N-dealkylation sites (N-methyl/N-ethyl adjacent to an activating group) is 1. The van der Waals surface area contributed by atoms with E-state index in [0.717, 1.165) is 11.8 Å². The van der Waals surface area contributed by atoms with E-state index in [2.05, 4.69) is 47.9 Å². The Balaban J connectivity index is 1.78. The molecular formula is C16H28N2S. The van der Waals surface area contributed by atoms with Crippen LogP contribution in [-0.2, 0) is 6.42 Å². The molecule has 2 nitrogen and oxygen atoms in total. The maximum absolute atomic E-state index is 3.75. The van der Waals surface area contributed by atoms with Crippen LogP contribution in [0.4, 0.5) is 0 Å². The molecule has 1 saturated heterocycles. The van der Waals surface area contributed by atoms with Crippen LogP contribution < -0.4 is 5.32 Å². The second-order valence-corrected chi connectivity index (χ2v) is 7.27. The van der Waals surface area contributed by atoms with Gasteiger partial charge in [-0.25, -0.2) is 0 Å². The van der Waals surface area contributed by atoms with Crippen molar-refractivity contribution in [3.63, 3.8) is 0 Å². The third kappa shape index (κ3) is 5.25. The van der Waals surface area contributed by atoms with Crippen molar-refractivity contribution in [3.8, 4) is 0 Å². The number of hydrogen-bond donors (Lipinski definition) is 1. The fourth-order valence-electron chi connectivity index (χ4n) is 3.06. The number of hydrogen-bond acceptors (Lipinski definition) is 3. The molecule has 19 heavy (non-hydrogen) atoms. The summed E-state index contributed by atoms with van der Waals surface area (Å²) >= 11 is 1.82. The Morgan fingerprint density at radius 2 is 2.26 bits per heavy atom. The van der Waals surface area contributed by atoms with Gasteiger partial charge in [0.1, 0.15) is 0 Å². The SMILES string of the molecule is CC(C)CCNC1CC(Cc2ccsc2)CN(C)C1. The van der Waals surface area contributed by atoms with Crippen LogP contribution >= 0.6 is 11.3 Å². The van der Waals surface area contributed by atoms with Gasteiger partial charge in [-0.05, 0) is 67.1 Å². The second kappa shape index (κ2) is 7.41. The van der Waals surface area contributed by atoms with Gasteiger partial charge in [0.05, 0.1) is 0 Å².